The monoisotopic (exact) mass is 368 g/mol. The molecule has 0 unspecified atom stereocenters. The molecule has 0 atom stereocenters. The van der Waals surface area contributed by atoms with Gasteiger partial charge in [0.2, 0.25) is 0 Å². The fourth-order valence-corrected chi connectivity index (χ4v) is 2.63. The van der Waals surface area contributed by atoms with Gasteiger partial charge in [-0.1, -0.05) is 6.07 Å². The minimum atomic E-state index is -0.238. The zero-order valence-corrected chi connectivity index (χ0v) is 13.8. The van der Waals surface area contributed by atoms with Crippen LogP contribution in [0.1, 0.15) is 15.2 Å². The van der Waals surface area contributed by atoms with Crippen LogP contribution in [0.25, 0.3) is 0 Å². The van der Waals surface area contributed by atoms with Crippen molar-refractivity contribution >= 4 is 39.4 Å². The number of hydrogen-bond donors (Lipinski definition) is 1. The Morgan fingerprint density at radius 1 is 1.33 bits per heavy atom. The van der Waals surface area contributed by atoms with Crippen LogP contribution in [0.15, 0.2) is 39.2 Å². The molecular formula is C14H13BrN2O3S. The molecule has 1 aromatic heterocycles. The SMILES string of the molecule is COc1cc(Br)c(/C=N/NC(=O)c2cccs2)cc1OC. The van der Waals surface area contributed by atoms with Crippen molar-refractivity contribution in [3.05, 3.63) is 44.6 Å². The van der Waals surface area contributed by atoms with Crippen LogP contribution < -0.4 is 14.9 Å². The largest absolute Gasteiger partial charge is 0.493 e. The predicted octanol–water partition coefficient (Wildman–Crippen LogP) is 3.29. The molecule has 1 aromatic carbocycles. The molecule has 0 saturated carbocycles. The van der Waals surface area contributed by atoms with E-state index in [0.717, 1.165) is 10.0 Å². The Morgan fingerprint density at radius 3 is 2.67 bits per heavy atom. The maximum atomic E-state index is 11.7. The number of amides is 1. The second-order valence-electron chi connectivity index (χ2n) is 3.91. The van der Waals surface area contributed by atoms with Gasteiger partial charge < -0.3 is 9.47 Å². The lowest BCUT2D eigenvalue weighted by molar-refractivity contribution is 0.0959. The molecule has 5 nitrogen and oxygen atoms in total. The Bertz CT molecular complexity index is 656. The smallest absolute Gasteiger partial charge is 0.281 e. The molecule has 1 amide bonds. The number of ether oxygens (including phenoxy) is 2. The molecule has 0 aliphatic heterocycles. The second-order valence-corrected chi connectivity index (χ2v) is 5.71. The fourth-order valence-electron chi connectivity index (χ4n) is 1.59. The maximum Gasteiger partial charge on any atom is 0.281 e. The maximum absolute atomic E-state index is 11.7. The Labute approximate surface area is 134 Å². The van der Waals surface area contributed by atoms with Gasteiger partial charge in [-0.25, -0.2) is 5.43 Å². The van der Waals surface area contributed by atoms with Crippen molar-refractivity contribution in [1.82, 2.24) is 5.43 Å². The highest BCUT2D eigenvalue weighted by Crippen LogP contribution is 2.32. The molecule has 0 radical (unpaired) electrons. The lowest BCUT2D eigenvalue weighted by atomic mass is 10.2. The van der Waals surface area contributed by atoms with E-state index < -0.39 is 0 Å². The summed E-state index contributed by atoms with van der Waals surface area (Å²) in [6.07, 6.45) is 1.54. The third kappa shape index (κ3) is 3.83. The number of nitrogens with zero attached hydrogens (tertiary/aromatic N) is 1. The molecule has 1 heterocycles. The van der Waals surface area contributed by atoms with E-state index in [1.165, 1.54) is 17.6 Å². The summed E-state index contributed by atoms with van der Waals surface area (Å²) in [7, 11) is 3.13. The van der Waals surface area contributed by atoms with Crippen LogP contribution in [0.4, 0.5) is 0 Å². The molecule has 1 N–H and O–H groups in total. The van der Waals surface area contributed by atoms with Gasteiger partial charge in [0, 0.05) is 10.0 Å². The Kier molecular flexibility index (Phi) is 5.35. The number of carbonyl (C=O) groups is 1. The van der Waals surface area contributed by atoms with E-state index in [2.05, 4.69) is 26.5 Å². The Morgan fingerprint density at radius 2 is 2.05 bits per heavy atom. The topological polar surface area (TPSA) is 59.9 Å². The van der Waals surface area contributed by atoms with Gasteiger partial charge in [0.1, 0.15) is 0 Å². The average molecular weight is 369 g/mol. The van der Waals surface area contributed by atoms with Gasteiger partial charge >= 0.3 is 0 Å². The molecule has 0 aliphatic carbocycles. The number of methoxy groups -OCH3 is 2. The van der Waals surface area contributed by atoms with Crippen molar-refractivity contribution in [1.29, 1.82) is 0 Å². The van der Waals surface area contributed by atoms with Gasteiger partial charge in [0.25, 0.3) is 5.91 Å². The van der Waals surface area contributed by atoms with Crippen molar-refractivity contribution in [2.75, 3.05) is 14.2 Å². The number of carbonyl (C=O) groups excluding carboxylic acids is 1. The third-order valence-electron chi connectivity index (χ3n) is 2.62. The van der Waals surface area contributed by atoms with E-state index in [4.69, 9.17) is 9.47 Å². The van der Waals surface area contributed by atoms with Crippen LogP contribution >= 0.6 is 27.3 Å². The summed E-state index contributed by atoms with van der Waals surface area (Å²) >= 11 is 4.78. The summed E-state index contributed by atoms with van der Waals surface area (Å²) in [6, 6.07) is 7.10. The molecule has 2 aromatic rings. The zero-order valence-electron chi connectivity index (χ0n) is 11.4. The number of rotatable bonds is 5. The highest BCUT2D eigenvalue weighted by molar-refractivity contribution is 9.10. The van der Waals surface area contributed by atoms with Crippen LogP contribution in [0.3, 0.4) is 0 Å². The van der Waals surface area contributed by atoms with E-state index in [1.54, 1.807) is 32.4 Å². The average Bonchev–Trinajstić information content (AvgIpc) is 3.02. The summed E-state index contributed by atoms with van der Waals surface area (Å²) < 4.78 is 11.2. The fraction of sp³-hybridized carbons (Fsp3) is 0.143. The van der Waals surface area contributed by atoms with Gasteiger partial charge in [0.15, 0.2) is 11.5 Å². The first kappa shape index (κ1) is 15.5. The summed E-state index contributed by atoms with van der Waals surface area (Å²) in [5.74, 6) is 0.966. The normalized spacial score (nSPS) is 10.6. The van der Waals surface area contributed by atoms with Crippen molar-refractivity contribution in [3.8, 4) is 11.5 Å². The van der Waals surface area contributed by atoms with Crippen molar-refractivity contribution in [2.45, 2.75) is 0 Å². The third-order valence-corrected chi connectivity index (χ3v) is 4.17. The van der Waals surface area contributed by atoms with Crippen molar-refractivity contribution in [2.24, 2.45) is 5.10 Å². The standard InChI is InChI=1S/C14H13BrN2O3S/c1-19-11-6-9(10(15)7-12(11)20-2)8-16-17-14(18)13-4-3-5-21-13/h3-8H,1-2H3,(H,17,18)/b16-8+. The first-order chi connectivity index (χ1) is 10.2. The Hall–Kier alpha value is -1.86. The van der Waals surface area contributed by atoms with Crippen LogP contribution in [0, 0.1) is 0 Å². The molecule has 110 valence electrons. The van der Waals surface area contributed by atoms with E-state index in [0.29, 0.717) is 16.4 Å². The minimum Gasteiger partial charge on any atom is -0.493 e. The number of benzene rings is 1. The van der Waals surface area contributed by atoms with Gasteiger partial charge in [-0.15, -0.1) is 11.3 Å². The minimum absolute atomic E-state index is 0.238. The molecular weight excluding hydrogens is 356 g/mol. The van der Waals surface area contributed by atoms with E-state index in [1.807, 2.05) is 11.4 Å². The zero-order chi connectivity index (χ0) is 15.2. The number of halogens is 1. The lowest BCUT2D eigenvalue weighted by Gasteiger charge is -2.09. The lowest BCUT2D eigenvalue weighted by Crippen LogP contribution is -2.16. The molecule has 0 aliphatic rings. The molecule has 0 saturated heterocycles. The van der Waals surface area contributed by atoms with E-state index in [-0.39, 0.29) is 5.91 Å². The summed E-state index contributed by atoms with van der Waals surface area (Å²) in [5.41, 5.74) is 3.24. The molecule has 0 fully saturated rings. The van der Waals surface area contributed by atoms with Gasteiger partial charge in [-0.2, -0.15) is 5.10 Å². The quantitative estimate of drug-likeness (QED) is 0.650. The number of hydrazone groups is 1. The van der Waals surface area contributed by atoms with Crippen LogP contribution in [0.2, 0.25) is 0 Å². The van der Waals surface area contributed by atoms with E-state index in [9.17, 15) is 4.79 Å². The summed E-state index contributed by atoms with van der Waals surface area (Å²) in [5, 5.41) is 5.78. The number of hydrogen-bond acceptors (Lipinski definition) is 5. The molecule has 0 bridgehead atoms. The molecule has 21 heavy (non-hydrogen) atoms. The molecule has 2 rings (SSSR count). The van der Waals surface area contributed by atoms with Gasteiger partial charge in [-0.3, -0.25) is 4.79 Å². The van der Waals surface area contributed by atoms with Gasteiger partial charge in [0.05, 0.1) is 25.3 Å². The highest BCUT2D eigenvalue weighted by Gasteiger charge is 2.08. The second kappa shape index (κ2) is 7.24. The first-order valence-electron chi connectivity index (χ1n) is 5.94. The molecule has 7 heteroatoms. The van der Waals surface area contributed by atoms with Crippen molar-refractivity contribution in [3.63, 3.8) is 0 Å². The van der Waals surface area contributed by atoms with E-state index >= 15 is 0 Å². The number of thiophene rings is 1. The van der Waals surface area contributed by atoms with Crippen LogP contribution in [0.5, 0.6) is 11.5 Å². The van der Waals surface area contributed by atoms with Crippen LogP contribution in [-0.2, 0) is 0 Å². The Balaban J connectivity index is 2.12. The predicted molar refractivity (Wildman–Crippen MR) is 86.6 cm³/mol. The number of nitrogens with one attached hydrogen (secondary N) is 1. The highest BCUT2D eigenvalue weighted by atomic mass is 79.9. The first-order valence-corrected chi connectivity index (χ1v) is 7.61. The molecule has 0 spiro atoms. The summed E-state index contributed by atoms with van der Waals surface area (Å²) in [4.78, 5) is 12.3. The van der Waals surface area contributed by atoms with Gasteiger partial charge in [-0.05, 0) is 39.5 Å². The van der Waals surface area contributed by atoms with Crippen LogP contribution in [-0.4, -0.2) is 26.3 Å². The summed E-state index contributed by atoms with van der Waals surface area (Å²) in [6.45, 7) is 0. The van der Waals surface area contributed by atoms with Crippen molar-refractivity contribution < 1.29 is 14.3 Å².